The highest BCUT2D eigenvalue weighted by Crippen LogP contribution is 2.24. The molecule has 1 aromatic heterocycles. The molecule has 0 aliphatic heterocycles. The normalized spacial score (nSPS) is 13.8. The Morgan fingerprint density at radius 3 is 2.23 bits per heavy atom. The third-order valence-corrected chi connectivity index (χ3v) is 6.52. The summed E-state index contributed by atoms with van der Waals surface area (Å²) < 4.78 is 33.1. The molecule has 0 spiro atoms. The average Bonchev–Trinajstić information content (AvgIpc) is 3.07. The van der Waals surface area contributed by atoms with Crippen molar-refractivity contribution in [3.63, 3.8) is 0 Å². The van der Waals surface area contributed by atoms with Crippen molar-refractivity contribution in [1.82, 2.24) is 9.71 Å². The molecule has 3 aromatic rings. The molecule has 31 heavy (non-hydrogen) atoms. The van der Waals surface area contributed by atoms with Crippen LogP contribution in [0.5, 0.6) is 0 Å². The number of aryl methyl sites for hydroxylation is 1. The van der Waals surface area contributed by atoms with Crippen LogP contribution in [0.1, 0.15) is 36.8 Å². The van der Waals surface area contributed by atoms with Gasteiger partial charge in [0.2, 0.25) is 15.8 Å². The van der Waals surface area contributed by atoms with Gasteiger partial charge in [-0.1, -0.05) is 50.2 Å². The van der Waals surface area contributed by atoms with E-state index in [2.05, 4.69) is 9.71 Å². The summed E-state index contributed by atoms with van der Waals surface area (Å²) in [4.78, 5) is 29.1. The first kappa shape index (κ1) is 22.7. The summed E-state index contributed by atoms with van der Waals surface area (Å²) in [5.41, 5.74) is 1.96. The Balaban J connectivity index is 1.79. The first-order valence-corrected chi connectivity index (χ1v) is 11.5. The van der Waals surface area contributed by atoms with E-state index in [1.54, 1.807) is 39.0 Å². The van der Waals surface area contributed by atoms with E-state index in [4.69, 9.17) is 4.74 Å². The third-order valence-electron chi connectivity index (χ3n) is 5.06. The number of rotatable bonds is 8. The van der Waals surface area contributed by atoms with Crippen LogP contribution in [0, 0.1) is 12.8 Å². The third kappa shape index (κ3) is 4.86. The minimum Gasteiger partial charge on any atom is -0.453 e. The number of fused-ring (bicyclic) bond motifs is 1. The molecule has 3 rings (SSSR count). The summed E-state index contributed by atoms with van der Waals surface area (Å²) in [7, 11) is -3.93. The number of nitrogens with one attached hydrogen (secondary N) is 2. The van der Waals surface area contributed by atoms with Gasteiger partial charge >= 0.3 is 5.97 Å². The molecule has 0 saturated carbocycles. The molecule has 0 amide bonds. The van der Waals surface area contributed by atoms with Crippen molar-refractivity contribution < 1.29 is 22.7 Å². The highest BCUT2D eigenvalue weighted by atomic mass is 32.2. The standard InChI is InChI=1S/C23H26N2O5S/c1-14(2)21(25-31(28,29)17-10-6-5-7-11-17)23(27)30-16(4)22(26)20-15(3)24-19-13-9-8-12-18(19)20/h5-14,16,21,24-25H,1-4H3/t16-,21+/m1/s1. The molecule has 0 bridgehead atoms. The molecule has 0 unspecified atom stereocenters. The van der Waals surface area contributed by atoms with Gasteiger partial charge in [-0.05, 0) is 38.0 Å². The van der Waals surface area contributed by atoms with E-state index in [0.717, 1.165) is 10.9 Å². The maximum atomic E-state index is 13.0. The van der Waals surface area contributed by atoms with Crippen molar-refractivity contribution >= 4 is 32.7 Å². The smallest absolute Gasteiger partial charge is 0.325 e. The minimum absolute atomic E-state index is 0.0481. The Bertz CT molecular complexity index is 1200. The molecule has 0 radical (unpaired) electrons. The monoisotopic (exact) mass is 442 g/mol. The Labute approximate surface area is 181 Å². The SMILES string of the molecule is Cc1[nH]c2ccccc2c1C(=O)[C@@H](C)OC(=O)[C@@H](NS(=O)(=O)c1ccccc1)C(C)C. The van der Waals surface area contributed by atoms with Crippen LogP contribution in [0.3, 0.4) is 0 Å². The second-order valence-corrected chi connectivity index (χ2v) is 9.48. The van der Waals surface area contributed by atoms with Crippen molar-refractivity contribution in [3.05, 3.63) is 65.9 Å². The number of carbonyl (C=O) groups excluding carboxylic acids is 2. The topological polar surface area (TPSA) is 105 Å². The van der Waals surface area contributed by atoms with Gasteiger partial charge in [-0.15, -0.1) is 0 Å². The predicted octanol–water partition coefficient (Wildman–Crippen LogP) is 3.59. The fourth-order valence-electron chi connectivity index (χ4n) is 3.39. The molecule has 8 heteroatoms. The summed E-state index contributed by atoms with van der Waals surface area (Å²) in [5, 5.41) is 0.748. The van der Waals surface area contributed by atoms with E-state index in [9.17, 15) is 18.0 Å². The van der Waals surface area contributed by atoms with Crippen LogP contribution in [0.15, 0.2) is 59.5 Å². The molecule has 2 aromatic carbocycles. The van der Waals surface area contributed by atoms with E-state index in [0.29, 0.717) is 11.3 Å². The molecule has 7 nitrogen and oxygen atoms in total. The van der Waals surface area contributed by atoms with Crippen molar-refractivity contribution in [2.75, 3.05) is 0 Å². The quantitative estimate of drug-likeness (QED) is 0.410. The number of benzene rings is 2. The largest absolute Gasteiger partial charge is 0.453 e. The van der Waals surface area contributed by atoms with Crippen LogP contribution in [-0.4, -0.2) is 37.3 Å². The zero-order valence-corrected chi connectivity index (χ0v) is 18.7. The first-order chi connectivity index (χ1) is 14.6. The Morgan fingerprint density at radius 1 is 0.968 bits per heavy atom. The average molecular weight is 443 g/mol. The number of hydrogen-bond acceptors (Lipinski definition) is 5. The molecule has 1 heterocycles. The van der Waals surface area contributed by atoms with E-state index in [1.807, 2.05) is 24.3 Å². The van der Waals surface area contributed by atoms with Crippen molar-refractivity contribution in [1.29, 1.82) is 0 Å². The number of Topliss-reactive ketones (excluding diaryl/α,β-unsaturated/α-hetero) is 1. The van der Waals surface area contributed by atoms with E-state index in [1.165, 1.54) is 19.1 Å². The van der Waals surface area contributed by atoms with Gasteiger partial charge in [0.25, 0.3) is 0 Å². The highest BCUT2D eigenvalue weighted by Gasteiger charge is 2.32. The molecular formula is C23H26N2O5S. The van der Waals surface area contributed by atoms with E-state index < -0.39 is 28.1 Å². The van der Waals surface area contributed by atoms with Crippen molar-refractivity contribution in [3.8, 4) is 0 Å². The van der Waals surface area contributed by atoms with Crippen molar-refractivity contribution in [2.24, 2.45) is 5.92 Å². The van der Waals surface area contributed by atoms with Gasteiger partial charge in [-0.25, -0.2) is 8.42 Å². The summed E-state index contributed by atoms with van der Waals surface area (Å²) in [6, 6.07) is 14.0. The summed E-state index contributed by atoms with van der Waals surface area (Å²) in [6.07, 6.45) is -1.08. The number of carbonyl (C=O) groups is 2. The van der Waals surface area contributed by atoms with Gasteiger partial charge in [-0.2, -0.15) is 4.72 Å². The lowest BCUT2D eigenvalue weighted by atomic mass is 10.0. The second kappa shape index (κ2) is 9.03. The molecule has 0 saturated heterocycles. The first-order valence-electron chi connectivity index (χ1n) is 10.0. The molecule has 2 N–H and O–H groups in total. The zero-order chi connectivity index (χ0) is 22.8. The summed E-state index contributed by atoms with van der Waals surface area (Å²) in [5.74, 6) is -1.53. The lowest BCUT2D eigenvalue weighted by molar-refractivity contribution is -0.149. The number of sulfonamides is 1. The second-order valence-electron chi connectivity index (χ2n) is 7.77. The zero-order valence-electron chi connectivity index (χ0n) is 17.9. The lowest BCUT2D eigenvalue weighted by Crippen LogP contribution is -2.46. The number of aromatic nitrogens is 1. The summed E-state index contributed by atoms with van der Waals surface area (Å²) >= 11 is 0. The van der Waals surface area contributed by atoms with Gasteiger partial charge in [0.1, 0.15) is 6.04 Å². The molecule has 0 aliphatic carbocycles. The molecule has 2 atom stereocenters. The molecule has 0 aliphatic rings. The number of ether oxygens (including phenoxy) is 1. The fourth-order valence-corrected chi connectivity index (χ4v) is 4.74. The Morgan fingerprint density at radius 2 is 1.58 bits per heavy atom. The number of ketones is 1. The fraction of sp³-hybridized carbons (Fsp3) is 0.304. The summed E-state index contributed by atoms with van der Waals surface area (Å²) in [6.45, 7) is 6.68. The number of aromatic amines is 1. The highest BCUT2D eigenvalue weighted by molar-refractivity contribution is 7.89. The molecule has 164 valence electrons. The van der Waals surface area contributed by atoms with Crippen LogP contribution in [0.4, 0.5) is 0 Å². The number of hydrogen-bond donors (Lipinski definition) is 2. The van der Waals surface area contributed by atoms with Gasteiger partial charge in [-0.3, -0.25) is 9.59 Å². The lowest BCUT2D eigenvalue weighted by Gasteiger charge is -2.22. The number of para-hydroxylation sites is 1. The van der Waals surface area contributed by atoms with Gasteiger partial charge in [0.15, 0.2) is 6.10 Å². The Kier molecular flexibility index (Phi) is 6.62. The van der Waals surface area contributed by atoms with Crippen LogP contribution in [0.2, 0.25) is 0 Å². The van der Waals surface area contributed by atoms with Crippen molar-refractivity contribution in [2.45, 2.75) is 44.7 Å². The molecular weight excluding hydrogens is 416 g/mol. The van der Waals surface area contributed by atoms with Crippen LogP contribution < -0.4 is 4.72 Å². The predicted molar refractivity (Wildman–Crippen MR) is 118 cm³/mol. The number of H-pyrrole nitrogens is 1. The molecule has 0 fully saturated rings. The van der Waals surface area contributed by atoms with Gasteiger partial charge < -0.3 is 9.72 Å². The van der Waals surface area contributed by atoms with Crippen LogP contribution in [0.25, 0.3) is 10.9 Å². The van der Waals surface area contributed by atoms with Gasteiger partial charge in [0, 0.05) is 22.2 Å². The van der Waals surface area contributed by atoms with Gasteiger partial charge in [0.05, 0.1) is 4.90 Å². The Hall–Kier alpha value is -2.97. The van der Waals surface area contributed by atoms with Crippen LogP contribution >= 0.6 is 0 Å². The number of esters is 1. The maximum Gasteiger partial charge on any atom is 0.325 e. The van der Waals surface area contributed by atoms with E-state index in [-0.39, 0.29) is 16.6 Å². The maximum absolute atomic E-state index is 13.0. The minimum atomic E-state index is -3.93. The van der Waals surface area contributed by atoms with E-state index >= 15 is 0 Å². The van der Waals surface area contributed by atoms with Crippen LogP contribution in [-0.2, 0) is 19.6 Å².